The highest BCUT2D eigenvalue weighted by Gasteiger charge is 2.20. The molecular formula is C13H15ClN3O+. The average Bonchev–Trinajstić information content (AvgIpc) is 2.67. The Morgan fingerprint density at radius 2 is 2.22 bits per heavy atom. The fraction of sp³-hybridized carbons (Fsp3) is 0.231. The van der Waals surface area contributed by atoms with E-state index in [-0.39, 0.29) is 0 Å². The maximum atomic E-state index is 5.94. The molecule has 0 aliphatic carbocycles. The number of imidazole rings is 1. The fourth-order valence-corrected chi connectivity index (χ4v) is 1.93. The summed E-state index contributed by atoms with van der Waals surface area (Å²) in [6.45, 7) is 0. The van der Waals surface area contributed by atoms with Crippen molar-refractivity contribution in [3.63, 3.8) is 0 Å². The highest BCUT2D eigenvalue weighted by atomic mass is 35.5. The number of aromatic nitrogens is 2. The van der Waals surface area contributed by atoms with Gasteiger partial charge in [-0.1, -0.05) is 17.7 Å². The molecule has 0 saturated heterocycles. The highest BCUT2D eigenvalue weighted by molar-refractivity contribution is 6.30. The van der Waals surface area contributed by atoms with Crippen LogP contribution in [-0.4, -0.2) is 17.6 Å². The number of nitrogens with zero attached hydrogens (tertiary/aromatic N) is 3. The molecule has 5 heteroatoms. The molecule has 2 aromatic rings. The van der Waals surface area contributed by atoms with Crippen molar-refractivity contribution in [1.82, 2.24) is 4.57 Å². The predicted octanol–water partition coefficient (Wildman–Crippen LogP) is 2.23. The number of methoxy groups -OCH3 is 1. The smallest absolute Gasteiger partial charge is 0.344 e. The highest BCUT2D eigenvalue weighted by Crippen LogP contribution is 2.18. The third-order valence-corrected chi connectivity index (χ3v) is 2.84. The lowest BCUT2D eigenvalue weighted by Crippen LogP contribution is -2.35. The van der Waals surface area contributed by atoms with Crippen LogP contribution in [0, 0.1) is 0 Å². The van der Waals surface area contributed by atoms with Crippen molar-refractivity contribution in [2.45, 2.75) is 0 Å². The van der Waals surface area contributed by atoms with E-state index in [1.165, 1.54) is 0 Å². The monoisotopic (exact) mass is 264 g/mol. The van der Waals surface area contributed by atoms with Gasteiger partial charge in [0.2, 0.25) is 0 Å². The Bertz CT molecular complexity index is 570. The van der Waals surface area contributed by atoms with Gasteiger partial charge in [-0.25, -0.2) is 14.1 Å². The molecule has 0 radical (unpaired) electrons. The van der Waals surface area contributed by atoms with E-state index < -0.39 is 0 Å². The summed E-state index contributed by atoms with van der Waals surface area (Å²) in [5.74, 6) is 1.43. The molecule has 0 amide bonds. The van der Waals surface area contributed by atoms with Gasteiger partial charge in [-0.05, 0) is 18.2 Å². The minimum atomic E-state index is 0.548. The number of halogens is 1. The van der Waals surface area contributed by atoms with Crippen LogP contribution in [0.1, 0.15) is 5.82 Å². The van der Waals surface area contributed by atoms with Crippen molar-refractivity contribution in [3.8, 4) is 0 Å². The molecule has 0 fully saturated rings. The minimum absolute atomic E-state index is 0.548. The van der Waals surface area contributed by atoms with Gasteiger partial charge in [0, 0.05) is 5.02 Å². The lowest BCUT2D eigenvalue weighted by Gasteiger charge is -2.02. The summed E-state index contributed by atoms with van der Waals surface area (Å²) in [5, 5.41) is 0.656. The summed E-state index contributed by atoms with van der Waals surface area (Å²) in [5.41, 5.74) is 0.764. The first-order valence-electron chi connectivity index (χ1n) is 5.51. The molecule has 4 nitrogen and oxygen atoms in total. The number of hydrogen-bond donors (Lipinski definition) is 0. The van der Waals surface area contributed by atoms with Gasteiger partial charge in [0.25, 0.3) is 0 Å². The van der Waals surface area contributed by atoms with Crippen molar-refractivity contribution in [1.29, 1.82) is 0 Å². The van der Waals surface area contributed by atoms with E-state index in [0.717, 1.165) is 11.5 Å². The summed E-state index contributed by atoms with van der Waals surface area (Å²) in [6.07, 6.45) is 3.89. The molecule has 0 spiro atoms. The Hall–Kier alpha value is -1.81. The van der Waals surface area contributed by atoms with E-state index in [4.69, 9.17) is 16.3 Å². The molecule has 1 aromatic carbocycles. The summed E-state index contributed by atoms with van der Waals surface area (Å²) in [7, 11) is 5.50. The zero-order valence-electron chi connectivity index (χ0n) is 10.6. The Morgan fingerprint density at radius 3 is 2.78 bits per heavy atom. The van der Waals surface area contributed by atoms with Crippen molar-refractivity contribution in [2.24, 2.45) is 19.1 Å². The topological polar surface area (TPSA) is 30.4 Å². The van der Waals surface area contributed by atoms with E-state index in [0.29, 0.717) is 10.9 Å². The molecule has 0 N–H and O–H groups in total. The molecule has 0 aliphatic heterocycles. The maximum Gasteiger partial charge on any atom is 0.344 e. The first-order valence-corrected chi connectivity index (χ1v) is 5.89. The van der Waals surface area contributed by atoms with Gasteiger partial charge in [0.15, 0.2) is 0 Å². The number of hydrogen-bond acceptors (Lipinski definition) is 2. The van der Waals surface area contributed by atoms with Crippen molar-refractivity contribution in [3.05, 3.63) is 47.5 Å². The first-order chi connectivity index (χ1) is 8.61. The Balaban J connectivity index is 2.46. The van der Waals surface area contributed by atoms with Crippen LogP contribution in [0.25, 0.3) is 0 Å². The van der Waals surface area contributed by atoms with Crippen LogP contribution in [0.4, 0.5) is 5.69 Å². The van der Waals surface area contributed by atoms with E-state index in [2.05, 4.69) is 4.99 Å². The molecule has 0 unspecified atom stereocenters. The van der Waals surface area contributed by atoms with Crippen LogP contribution in [-0.2, 0) is 18.8 Å². The number of aliphatic imine (C=N–C) groups is 1. The summed E-state index contributed by atoms with van der Waals surface area (Å²) < 4.78 is 9.27. The fourth-order valence-electron chi connectivity index (χ4n) is 1.74. The molecule has 0 bridgehead atoms. The second-order valence-electron chi connectivity index (χ2n) is 3.94. The number of aryl methyl sites for hydroxylation is 2. The molecule has 1 aromatic heterocycles. The van der Waals surface area contributed by atoms with Gasteiger partial charge < -0.3 is 4.74 Å². The average molecular weight is 265 g/mol. The zero-order chi connectivity index (χ0) is 13.1. The van der Waals surface area contributed by atoms with Gasteiger partial charge in [-0.3, -0.25) is 0 Å². The molecule has 94 valence electrons. The largest absolute Gasteiger partial charge is 0.475 e. The number of benzene rings is 1. The number of ether oxygens (including phenoxy) is 1. The molecule has 0 atom stereocenters. The van der Waals surface area contributed by atoms with Gasteiger partial charge in [0.05, 0.1) is 26.9 Å². The molecule has 0 aliphatic rings. The van der Waals surface area contributed by atoms with Crippen molar-refractivity contribution in [2.75, 3.05) is 7.11 Å². The summed E-state index contributed by atoms with van der Waals surface area (Å²) in [6, 6.07) is 7.35. The lowest BCUT2D eigenvalue weighted by molar-refractivity contribution is -0.672. The van der Waals surface area contributed by atoms with E-state index in [1.54, 1.807) is 13.2 Å². The van der Waals surface area contributed by atoms with Crippen LogP contribution >= 0.6 is 11.6 Å². The van der Waals surface area contributed by atoms with Gasteiger partial charge in [0.1, 0.15) is 12.4 Å². The molecular weight excluding hydrogens is 250 g/mol. The lowest BCUT2D eigenvalue weighted by atomic mass is 10.3. The Labute approximate surface area is 111 Å². The van der Waals surface area contributed by atoms with Crippen molar-refractivity contribution < 1.29 is 9.30 Å². The van der Waals surface area contributed by atoms with E-state index in [1.807, 2.05) is 53.8 Å². The molecule has 0 saturated carbocycles. The molecule has 1 heterocycles. The zero-order valence-corrected chi connectivity index (χ0v) is 11.3. The Morgan fingerprint density at radius 1 is 1.44 bits per heavy atom. The predicted molar refractivity (Wildman–Crippen MR) is 71.2 cm³/mol. The third-order valence-electron chi connectivity index (χ3n) is 2.61. The van der Waals surface area contributed by atoms with Gasteiger partial charge in [-0.2, -0.15) is 0 Å². The standard InChI is InChI=1S/C13H15ClN3O/c1-16-7-8-17(2)13(16)12(18-3)15-11-6-4-5-10(14)9-11/h4-9H,1-3H3/q+1/b15-12-. The SMILES string of the molecule is CO/C(=N\c1cccc(Cl)c1)c1n(C)cc[n+]1C. The van der Waals surface area contributed by atoms with Crippen LogP contribution in [0.5, 0.6) is 0 Å². The minimum Gasteiger partial charge on any atom is -0.475 e. The quantitative estimate of drug-likeness (QED) is 0.465. The van der Waals surface area contributed by atoms with Crippen LogP contribution in [0.3, 0.4) is 0 Å². The first kappa shape index (κ1) is 12.6. The van der Waals surface area contributed by atoms with E-state index in [9.17, 15) is 0 Å². The second kappa shape index (κ2) is 5.23. The van der Waals surface area contributed by atoms with Crippen molar-refractivity contribution >= 4 is 23.2 Å². The molecule has 2 rings (SSSR count). The molecule has 18 heavy (non-hydrogen) atoms. The summed E-state index contributed by atoms with van der Waals surface area (Å²) in [4.78, 5) is 4.47. The summed E-state index contributed by atoms with van der Waals surface area (Å²) >= 11 is 5.94. The Kier molecular flexibility index (Phi) is 3.67. The van der Waals surface area contributed by atoms with Crippen LogP contribution < -0.4 is 4.57 Å². The van der Waals surface area contributed by atoms with Gasteiger partial charge >= 0.3 is 11.7 Å². The van der Waals surface area contributed by atoms with Gasteiger partial charge in [-0.15, -0.1) is 0 Å². The van der Waals surface area contributed by atoms with Crippen LogP contribution in [0.2, 0.25) is 5.02 Å². The second-order valence-corrected chi connectivity index (χ2v) is 4.38. The number of rotatable bonds is 2. The maximum absolute atomic E-state index is 5.94. The normalized spacial score (nSPS) is 11.7. The van der Waals surface area contributed by atoms with E-state index >= 15 is 0 Å². The third kappa shape index (κ3) is 2.54. The van der Waals surface area contributed by atoms with Crippen LogP contribution in [0.15, 0.2) is 41.7 Å².